The Bertz CT molecular complexity index is 884. The van der Waals surface area contributed by atoms with Gasteiger partial charge < -0.3 is 35.6 Å². The smallest absolute Gasteiger partial charge is 0.211 e. The van der Waals surface area contributed by atoms with Gasteiger partial charge >= 0.3 is 0 Å². The van der Waals surface area contributed by atoms with Crippen LogP contribution in [0.2, 0.25) is 0 Å². The molecule has 2 aromatic carbocycles. The first kappa shape index (κ1) is 25.6. The van der Waals surface area contributed by atoms with Gasteiger partial charge in [-0.1, -0.05) is 6.07 Å². The van der Waals surface area contributed by atoms with Gasteiger partial charge in [-0.25, -0.2) is 8.78 Å². The van der Waals surface area contributed by atoms with Crippen LogP contribution in [0.4, 0.5) is 8.78 Å². The number of ether oxygens (including phenoxy) is 2. The minimum Gasteiger partial charge on any atom is -0.504 e. The van der Waals surface area contributed by atoms with Crippen LogP contribution in [0.1, 0.15) is 37.2 Å². The summed E-state index contributed by atoms with van der Waals surface area (Å²) in [5.41, 5.74) is 6.55. The number of methoxy groups -OCH3 is 1. The molecule has 0 bridgehead atoms. The highest BCUT2D eigenvalue weighted by Gasteiger charge is 2.25. The fraction of sp³-hybridized carbons (Fsp3) is 0.455. The van der Waals surface area contributed by atoms with Gasteiger partial charge in [0.1, 0.15) is 19.4 Å². The topological polar surface area (TPSA) is 115 Å². The number of aliphatic hydroxyl groups is 1. The highest BCUT2D eigenvalue weighted by Crippen LogP contribution is 2.41. The summed E-state index contributed by atoms with van der Waals surface area (Å²) in [4.78, 5) is 11.1. The third-order valence-corrected chi connectivity index (χ3v) is 4.88. The fourth-order valence-electron chi connectivity index (χ4n) is 2.97. The van der Waals surface area contributed by atoms with Crippen LogP contribution in [0.5, 0.6) is 23.0 Å². The van der Waals surface area contributed by atoms with Crippen LogP contribution >= 0.6 is 0 Å². The Hall–Kier alpha value is -2.66. The van der Waals surface area contributed by atoms with E-state index in [2.05, 4.69) is 5.32 Å². The van der Waals surface area contributed by atoms with Crippen molar-refractivity contribution in [3.63, 3.8) is 0 Å². The van der Waals surface area contributed by atoms with Crippen molar-refractivity contribution < 1.29 is 38.2 Å². The second kappa shape index (κ2) is 11.8. The normalized spacial score (nSPS) is 15.0. The average Bonchev–Trinajstić information content (AvgIpc) is 2.78. The van der Waals surface area contributed by atoms with Gasteiger partial charge in [0.25, 0.3) is 0 Å². The number of phenols is 1. The highest BCUT2D eigenvalue weighted by atomic mass is 19.1. The molecule has 0 radical (unpaired) electrons. The summed E-state index contributed by atoms with van der Waals surface area (Å²) in [5.74, 6) is -1.12. The number of rotatable bonds is 12. The Morgan fingerprint density at radius 3 is 2.41 bits per heavy atom. The van der Waals surface area contributed by atoms with Gasteiger partial charge in [-0.05, 0) is 56.3 Å². The van der Waals surface area contributed by atoms with Gasteiger partial charge in [0, 0.05) is 12.1 Å². The number of nitrogens with one attached hydrogen (secondary N) is 1. The van der Waals surface area contributed by atoms with Crippen LogP contribution < -0.4 is 25.4 Å². The van der Waals surface area contributed by atoms with E-state index in [-0.39, 0.29) is 41.2 Å². The minimum atomic E-state index is -1.10. The molecular formula is C22H30F2N2O6. The van der Waals surface area contributed by atoms with E-state index >= 15 is 0 Å². The van der Waals surface area contributed by atoms with Crippen LogP contribution in [0, 0.1) is 5.82 Å². The van der Waals surface area contributed by atoms with E-state index in [1.807, 2.05) is 6.92 Å². The van der Waals surface area contributed by atoms with Crippen molar-refractivity contribution in [2.75, 3.05) is 27.4 Å². The third kappa shape index (κ3) is 6.19. The number of hydrogen-bond acceptors (Lipinski definition) is 8. The molecule has 0 fully saturated rings. The summed E-state index contributed by atoms with van der Waals surface area (Å²) in [5, 5.41) is 23.7. The van der Waals surface area contributed by atoms with E-state index in [0.717, 1.165) is 0 Å². The highest BCUT2D eigenvalue weighted by molar-refractivity contribution is 5.53. The van der Waals surface area contributed by atoms with Gasteiger partial charge in [-0.2, -0.15) is 4.89 Å². The van der Waals surface area contributed by atoms with Crippen molar-refractivity contribution in [2.24, 2.45) is 5.73 Å². The summed E-state index contributed by atoms with van der Waals surface area (Å²) < 4.78 is 36.8. The van der Waals surface area contributed by atoms with Crippen LogP contribution in [0.3, 0.4) is 0 Å². The quantitative estimate of drug-likeness (QED) is 0.285. The first-order chi connectivity index (χ1) is 15.2. The predicted octanol–water partition coefficient (Wildman–Crippen LogP) is 2.93. The lowest BCUT2D eigenvalue weighted by Crippen LogP contribution is -2.31. The minimum absolute atomic E-state index is 0.0334. The second-order valence-electron chi connectivity index (χ2n) is 7.28. The number of phenolic OH excluding ortho intramolecular Hbond substituents is 1. The Kier molecular flexibility index (Phi) is 9.45. The molecule has 0 saturated carbocycles. The monoisotopic (exact) mass is 456 g/mol. The summed E-state index contributed by atoms with van der Waals surface area (Å²) in [6.45, 7) is 2.29. The fourth-order valence-corrected chi connectivity index (χ4v) is 2.97. The van der Waals surface area contributed by atoms with Gasteiger partial charge in [0.15, 0.2) is 17.3 Å². The number of alkyl halides is 1. The van der Waals surface area contributed by atoms with Crippen molar-refractivity contribution >= 4 is 0 Å². The van der Waals surface area contributed by atoms with Crippen LogP contribution in [0.15, 0.2) is 30.3 Å². The molecule has 8 nitrogen and oxygen atoms in total. The maximum atomic E-state index is 13.8. The summed E-state index contributed by atoms with van der Waals surface area (Å²) in [6, 6.07) is 5.95. The van der Waals surface area contributed by atoms with Gasteiger partial charge in [0.05, 0.1) is 13.2 Å². The molecule has 10 heteroatoms. The first-order valence-corrected chi connectivity index (χ1v) is 10.1. The molecule has 0 aliphatic heterocycles. The number of halogens is 2. The molecule has 0 aliphatic carbocycles. The van der Waals surface area contributed by atoms with Gasteiger partial charge in [0.2, 0.25) is 11.5 Å². The number of hydrogen-bond donors (Lipinski definition) is 4. The van der Waals surface area contributed by atoms with E-state index in [9.17, 15) is 19.0 Å². The Balaban J connectivity index is 2.40. The summed E-state index contributed by atoms with van der Waals surface area (Å²) >= 11 is 0. The van der Waals surface area contributed by atoms with Crippen LogP contribution in [-0.2, 0) is 4.89 Å². The zero-order valence-corrected chi connectivity index (χ0v) is 18.5. The standard InChI is InChI=1S/C22H30F2N2O6/c1-12(25)20(28)15-9-17(27)22(30-8-7-23)19(11-15)31-32-21(13(2)26-3)14-5-6-16(24)18(10-14)29-4/h5-6,9-13,20-21,26-28H,7-8,25H2,1-4H3. The Labute approximate surface area is 185 Å². The molecular weight excluding hydrogens is 426 g/mol. The lowest BCUT2D eigenvalue weighted by molar-refractivity contribution is -0.254. The molecule has 5 N–H and O–H groups in total. The van der Waals surface area contributed by atoms with E-state index < -0.39 is 30.7 Å². The predicted molar refractivity (Wildman–Crippen MR) is 114 cm³/mol. The average molecular weight is 456 g/mol. The van der Waals surface area contributed by atoms with Crippen LogP contribution in [0.25, 0.3) is 0 Å². The number of aliphatic hydroxyl groups excluding tert-OH is 1. The molecule has 4 atom stereocenters. The number of nitrogens with two attached hydrogens (primary N) is 1. The van der Waals surface area contributed by atoms with Crippen molar-refractivity contribution in [3.8, 4) is 23.0 Å². The maximum absolute atomic E-state index is 13.8. The molecule has 2 aromatic rings. The molecule has 0 spiro atoms. The molecule has 0 amide bonds. The van der Waals surface area contributed by atoms with Crippen LogP contribution in [-0.4, -0.2) is 49.7 Å². The summed E-state index contributed by atoms with van der Waals surface area (Å²) in [7, 11) is 3.06. The Morgan fingerprint density at radius 1 is 1.12 bits per heavy atom. The zero-order chi connectivity index (χ0) is 23.8. The first-order valence-electron chi connectivity index (χ1n) is 10.1. The second-order valence-corrected chi connectivity index (χ2v) is 7.28. The molecule has 32 heavy (non-hydrogen) atoms. The van der Waals surface area contributed by atoms with E-state index in [0.29, 0.717) is 5.56 Å². The molecule has 2 rings (SSSR count). The lowest BCUT2D eigenvalue weighted by Gasteiger charge is -2.25. The largest absolute Gasteiger partial charge is 0.504 e. The molecule has 0 aliphatic rings. The zero-order valence-electron chi connectivity index (χ0n) is 18.5. The molecule has 0 heterocycles. The van der Waals surface area contributed by atoms with E-state index in [4.69, 9.17) is 25.0 Å². The number of aromatic hydroxyl groups is 1. The third-order valence-electron chi connectivity index (χ3n) is 4.88. The van der Waals surface area contributed by atoms with E-state index in [1.165, 1.54) is 37.4 Å². The molecule has 178 valence electrons. The van der Waals surface area contributed by atoms with Crippen molar-refractivity contribution in [3.05, 3.63) is 47.3 Å². The number of benzene rings is 2. The molecule has 4 unspecified atom stereocenters. The Morgan fingerprint density at radius 2 is 1.81 bits per heavy atom. The maximum Gasteiger partial charge on any atom is 0.211 e. The number of likely N-dealkylation sites (N-methyl/N-ethyl adjacent to an activating group) is 1. The van der Waals surface area contributed by atoms with Crippen molar-refractivity contribution in [1.82, 2.24) is 5.32 Å². The van der Waals surface area contributed by atoms with Gasteiger partial charge in [-0.3, -0.25) is 0 Å². The van der Waals surface area contributed by atoms with Gasteiger partial charge in [-0.15, -0.1) is 0 Å². The molecule has 0 aromatic heterocycles. The SMILES string of the molecule is CNC(C)C(OOc1cc(C(O)C(C)N)cc(O)c1OCCF)c1ccc(F)c(OC)c1. The summed E-state index contributed by atoms with van der Waals surface area (Å²) in [6.07, 6.45) is -1.85. The lowest BCUT2D eigenvalue weighted by atomic mass is 10.0. The van der Waals surface area contributed by atoms with E-state index in [1.54, 1.807) is 14.0 Å². The van der Waals surface area contributed by atoms with Crippen molar-refractivity contribution in [1.29, 1.82) is 0 Å². The molecule has 0 saturated heterocycles. The van der Waals surface area contributed by atoms with Crippen molar-refractivity contribution in [2.45, 2.75) is 38.1 Å².